The van der Waals surface area contributed by atoms with E-state index in [9.17, 15) is 13.2 Å². The molecule has 0 saturated heterocycles. The monoisotopic (exact) mass is 450 g/mol. The highest BCUT2D eigenvalue weighted by Crippen LogP contribution is 2.29. The molecule has 1 unspecified atom stereocenters. The zero-order chi connectivity index (χ0) is 22.7. The molecule has 2 heterocycles. The van der Waals surface area contributed by atoms with Crippen molar-refractivity contribution in [2.24, 2.45) is 0 Å². The van der Waals surface area contributed by atoms with Crippen molar-refractivity contribution in [3.05, 3.63) is 83.7 Å². The number of ether oxygens (including phenoxy) is 1. The van der Waals surface area contributed by atoms with Crippen LogP contribution in [0.5, 0.6) is 5.75 Å². The summed E-state index contributed by atoms with van der Waals surface area (Å²) in [6.45, 7) is 4.42. The topological polar surface area (TPSA) is 76.6 Å². The van der Waals surface area contributed by atoms with Gasteiger partial charge in [-0.05, 0) is 65.6 Å². The van der Waals surface area contributed by atoms with E-state index in [-0.39, 0.29) is 18.3 Å². The van der Waals surface area contributed by atoms with Crippen LogP contribution in [0.1, 0.15) is 35.3 Å². The van der Waals surface area contributed by atoms with Gasteiger partial charge in [0.2, 0.25) is 0 Å². The fourth-order valence-electron chi connectivity index (χ4n) is 3.77. The van der Waals surface area contributed by atoms with Crippen LogP contribution in [0.4, 0.5) is 0 Å². The number of carbonyl (C=O) groups is 1. The largest absolute Gasteiger partial charge is 0.492 e. The molecule has 1 atom stereocenters. The van der Waals surface area contributed by atoms with E-state index in [0.717, 1.165) is 22.3 Å². The van der Waals surface area contributed by atoms with E-state index in [1.165, 1.54) is 0 Å². The van der Waals surface area contributed by atoms with Crippen LogP contribution in [0.15, 0.2) is 67.0 Å². The van der Waals surface area contributed by atoms with Gasteiger partial charge in [-0.1, -0.05) is 25.1 Å². The molecule has 0 spiro atoms. The number of carbonyl (C=O) groups excluding carboxylic acids is 1. The van der Waals surface area contributed by atoms with Crippen LogP contribution in [0.25, 0.3) is 11.1 Å². The highest BCUT2D eigenvalue weighted by Gasteiger charge is 2.25. The van der Waals surface area contributed by atoms with Crippen LogP contribution in [0, 0.1) is 0 Å². The number of fused-ring (bicyclic) bond motifs is 1. The van der Waals surface area contributed by atoms with Crippen LogP contribution in [0.3, 0.4) is 0 Å². The van der Waals surface area contributed by atoms with E-state index in [0.29, 0.717) is 24.4 Å². The third-order valence-corrected chi connectivity index (χ3v) is 7.98. The van der Waals surface area contributed by atoms with Gasteiger partial charge in [-0.25, -0.2) is 8.42 Å². The number of hydrogen-bond acceptors (Lipinski definition) is 5. The van der Waals surface area contributed by atoms with Crippen molar-refractivity contribution in [2.45, 2.75) is 32.2 Å². The molecule has 4 rings (SSSR count). The summed E-state index contributed by atoms with van der Waals surface area (Å²) in [6, 6.07) is 17.2. The highest BCUT2D eigenvalue weighted by atomic mass is 32.2. The van der Waals surface area contributed by atoms with Gasteiger partial charge in [0.05, 0.1) is 5.25 Å². The van der Waals surface area contributed by atoms with Crippen molar-refractivity contribution in [3.63, 3.8) is 0 Å². The quantitative estimate of drug-likeness (QED) is 0.542. The molecule has 6 nitrogen and oxygen atoms in total. The lowest BCUT2D eigenvalue weighted by Crippen LogP contribution is -2.27. The molecule has 0 radical (unpaired) electrons. The summed E-state index contributed by atoms with van der Waals surface area (Å²) in [5.41, 5.74) is 5.00. The van der Waals surface area contributed by atoms with Gasteiger partial charge in [-0.3, -0.25) is 9.78 Å². The maximum Gasteiger partial charge on any atom is 0.254 e. The third kappa shape index (κ3) is 4.67. The Labute approximate surface area is 188 Å². The molecule has 1 aromatic heterocycles. The Morgan fingerprint density at radius 3 is 2.53 bits per heavy atom. The first-order valence-electron chi connectivity index (χ1n) is 10.6. The maximum atomic E-state index is 13.1. The Morgan fingerprint density at radius 2 is 1.78 bits per heavy atom. The minimum atomic E-state index is -3.17. The fraction of sp³-hybridized carbons (Fsp3) is 0.280. The minimum Gasteiger partial charge on any atom is -0.492 e. The number of nitrogens with zero attached hydrogens (tertiary/aromatic N) is 2. The van der Waals surface area contributed by atoms with Gasteiger partial charge in [-0.15, -0.1) is 0 Å². The molecule has 7 heteroatoms. The molecule has 0 bridgehead atoms. The number of hydrogen-bond donors (Lipinski definition) is 0. The van der Waals surface area contributed by atoms with Crippen molar-refractivity contribution < 1.29 is 17.9 Å². The Balaban J connectivity index is 1.45. The summed E-state index contributed by atoms with van der Waals surface area (Å²) in [6.07, 6.45) is 3.54. The van der Waals surface area contributed by atoms with Gasteiger partial charge in [0.25, 0.3) is 5.91 Å². The predicted molar refractivity (Wildman–Crippen MR) is 124 cm³/mol. The standard InChI is InChI=1S/C25H26N2O4S/c1-3-32(29,30)18(2)17-31-24-6-4-5-21(14-24)25(28)27-15-22-8-7-20(13-23(22)16-27)19-9-11-26-12-10-19/h4-14,18H,3,15-17H2,1-2H3. The smallest absolute Gasteiger partial charge is 0.254 e. The number of sulfone groups is 1. The summed E-state index contributed by atoms with van der Waals surface area (Å²) >= 11 is 0. The van der Waals surface area contributed by atoms with Crippen LogP contribution in [0.2, 0.25) is 0 Å². The van der Waals surface area contributed by atoms with Gasteiger partial charge in [0.15, 0.2) is 9.84 Å². The Kier molecular flexibility index (Phi) is 6.28. The first-order valence-corrected chi connectivity index (χ1v) is 12.3. The zero-order valence-corrected chi connectivity index (χ0v) is 19.0. The average Bonchev–Trinajstić information content (AvgIpc) is 3.26. The molecule has 1 amide bonds. The summed E-state index contributed by atoms with van der Waals surface area (Å²) in [5.74, 6) is 0.492. The van der Waals surface area contributed by atoms with E-state index in [4.69, 9.17) is 4.74 Å². The summed E-state index contributed by atoms with van der Waals surface area (Å²) in [4.78, 5) is 19.0. The first-order chi connectivity index (χ1) is 15.4. The lowest BCUT2D eigenvalue weighted by Gasteiger charge is -2.17. The fourth-order valence-corrected chi connectivity index (χ4v) is 4.61. The molecule has 0 N–H and O–H groups in total. The van der Waals surface area contributed by atoms with Crippen LogP contribution in [-0.2, 0) is 22.9 Å². The molecule has 166 valence electrons. The summed E-state index contributed by atoms with van der Waals surface area (Å²) in [5, 5.41) is -0.602. The molecule has 2 aromatic carbocycles. The van der Waals surface area contributed by atoms with Crippen LogP contribution >= 0.6 is 0 Å². The third-order valence-electron chi connectivity index (χ3n) is 5.81. The van der Waals surface area contributed by atoms with Gasteiger partial charge < -0.3 is 9.64 Å². The lowest BCUT2D eigenvalue weighted by molar-refractivity contribution is 0.0751. The van der Waals surface area contributed by atoms with E-state index < -0.39 is 15.1 Å². The Bertz CT molecular complexity index is 1230. The summed E-state index contributed by atoms with van der Waals surface area (Å²) in [7, 11) is -3.17. The number of aromatic nitrogens is 1. The second-order valence-corrected chi connectivity index (χ2v) is 10.7. The van der Waals surface area contributed by atoms with Gasteiger partial charge in [0, 0.05) is 36.8 Å². The average molecular weight is 451 g/mol. The van der Waals surface area contributed by atoms with Gasteiger partial charge >= 0.3 is 0 Å². The molecule has 1 aliphatic heterocycles. The molecule has 0 aliphatic carbocycles. The van der Waals surface area contributed by atoms with E-state index >= 15 is 0 Å². The Morgan fingerprint density at radius 1 is 1.03 bits per heavy atom. The number of amides is 1. The van der Waals surface area contributed by atoms with Gasteiger partial charge in [-0.2, -0.15) is 0 Å². The van der Waals surface area contributed by atoms with Crippen molar-refractivity contribution in [1.82, 2.24) is 9.88 Å². The zero-order valence-electron chi connectivity index (χ0n) is 18.2. The van der Waals surface area contributed by atoms with E-state index in [2.05, 4.69) is 23.2 Å². The van der Waals surface area contributed by atoms with Crippen molar-refractivity contribution in [3.8, 4) is 16.9 Å². The minimum absolute atomic E-state index is 0.0563. The lowest BCUT2D eigenvalue weighted by atomic mass is 10.0. The molecular formula is C25H26N2O4S. The predicted octanol–water partition coefficient (Wildman–Crippen LogP) is 4.11. The van der Waals surface area contributed by atoms with Crippen LogP contribution in [-0.4, -0.2) is 41.8 Å². The van der Waals surface area contributed by atoms with E-state index in [1.54, 1.807) is 50.5 Å². The normalized spacial score (nSPS) is 14.1. The second-order valence-electron chi connectivity index (χ2n) is 7.98. The van der Waals surface area contributed by atoms with Crippen molar-refractivity contribution in [2.75, 3.05) is 12.4 Å². The molecule has 0 saturated carbocycles. The van der Waals surface area contributed by atoms with Crippen molar-refractivity contribution in [1.29, 1.82) is 0 Å². The SMILES string of the molecule is CCS(=O)(=O)C(C)COc1cccc(C(=O)N2Cc3ccc(-c4ccncc4)cc3C2)c1. The van der Waals surface area contributed by atoms with Gasteiger partial charge in [0.1, 0.15) is 12.4 Å². The summed E-state index contributed by atoms with van der Waals surface area (Å²) < 4.78 is 29.6. The maximum absolute atomic E-state index is 13.1. The molecule has 1 aliphatic rings. The Hall–Kier alpha value is -3.19. The number of rotatable bonds is 7. The number of benzene rings is 2. The molecule has 3 aromatic rings. The second kappa shape index (κ2) is 9.12. The molecular weight excluding hydrogens is 424 g/mol. The van der Waals surface area contributed by atoms with E-state index in [1.807, 2.05) is 17.0 Å². The van der Waals surface area contributed by atoms with Crippen molar-refractivity contribution >= 4 is 15.7 Å². The highest BCUT2D eigenvalue weighted by molar-refractivity contribution is 7.92. The van der Waals surface area contributed by atoms with Crippen LogP contribution < -0.4 is 4.74 Å². The first kappa shape index (κ1) is 22.0. The molecule has 32 heavy (non-hydrogen) atoms. The number of pyridine rings is 1. The molecule has 0 fully saturated rings.